The van der Waals surface area contributed by atoms with Crippen LogP contribution in [-0.2, 0) is 24.0 Å². The zero-order valence-corrected chi connectivity index (χ0v) is 34.1. The lowest BCUT2D eigenvalue weighted by atomic mass is 10.0. The lowest BCUT2D eigenvalue weighted by Crippen LogP contribution is -2.50. The van der Waals surface area contributed by atoms with Crippen LogP contribution in [0.1, 0.15) is 65.7 Å². The van der Waals surface area contributed by atoms with E-state index in [1.165, 1.54) is 0 Å². The van der Waals surface area contributed by atoms with Gasteiger partial charge in [-0.3, -0.25) is 24.0 Å². The van der Waals surface area contributed by atoms with Crippen LogP contribution in [0, 0.1) is 5.92 Å². The zero-order chi connectivity index (χ0) is 42.7. The molecule has 2 saturated heterocycles. The number of carbonyl (C=O) groups excluding carboxylic acids is 4. The molecule has 2 fully saturated rings. The second kappa shape index (κ2) is 24.2. The minimum atomic E-state index is -0.959. The first kappa shape index (κ1) is 47.7. The molecule has 0 aliphatic carbocycles. The van der Waals surface area contributed by atoms with Gasteiger partial charge in [0.25, 0.3) is 0 Å². The Kier molecular flexibility index (Phi) is 20.3. The molecule has 2 heterocycles. The number of primary amides is 1. The number of hydrogen-bond acceptors (Lipinski definition) is 12. The van der Waals surface area contributed by atoms with Crippen LogP contribution < -0.4 is 53.6 Å². The fourth-order valence-electron chi connectivity index (χ4n) is 6.44. The van der Waals surface area contributed by atoms with Gasteiger partial charge in [0.15, 0.2) is 0 Å². The summed E-state index contributed by atoms with van der Waals surface area (Å²) in [4.78, 5) is 63.7. The summed E-state index contributed by atoms with van der Waals surface area (Å²) in [7, 11) is 0. The Morgan fingerprint density at radius 3 is 2.05 bits per heavy atom. The maximum absolute atomic E-state index is 13.4. The lowest BCUT2D eigenvalue weighted by Gasteiger charge is -2.31. The van der Waals surface area contributed by atoms with Crippen LogP contribution in [0.25, 0.3) is 0 Å². The van der Waals surface area contributed by atoms with E-state index in [0.717, 1.165) is 50.2 Å². The van der Waals surface area contributed by atoms with E-state index in [1.54, 1.807) is 6.92 Å². The molecule has 0 saturated carbocycles. The molecule has 2 rings (SSSR count). The number of amides is 4. The summed E-state index contributed by atoms with van der Waals surface area (Å²) in [5, 5.41) is 36.1. The first-order valence-corrected chi connectivity index (χ1v) is 19.6. The van der Waals surface area contributed by atoms with E-state index in [0.29, 0.717) is 35.8 Å². The Bertz CT molecular complexity index is 1510. The van der Waals surface area contributed by atoms with Gasteiger partial charge in [0, 0.05) is 53.2 Å². The SMILES string of the molecule is C=C(CNC(=O)[C@H](CC(C)C)NC(=C)C(CCC(N)=O)NC(=O)CNC(=C)C1CCCN1)NCC(=O)NC(C)C(=C)NCC(=C)N1CCCC1C(=C)NCC(=O)O. The van der Waals surface area contributed by atoms with Crippen molar-refractivity contribution in [1.82, 2.24) is 52.8 Å². The second-order valence-electron chi connectivity index (χ2n) is 15.0. The average molecular weight is 798 g/mol. The molecule has 0 aromatic carbocycles. The van der Waals surface area contributed by atoms with Crippen LogP contribution in [0.2, 0.25) is 0 Å². The van der Waals surface area contributed by atoms with E-state index < -0.39 is 30.0 Å². The van der Waals surface area contributed by atoms with Crippen molar-refractivity contribution in [1.29, 1.82) is 0 Å². The highest BCUT2D eigenvalue weighted by atomic mass is 16.4. The summed E-state index contributed by atoms with van der Waals surface area (Å²) in [5.41, 5.74) is 8.92. The van der Waals surface area contributed by atoms with Crippen molar-refractivity contribution in [3.05, 3.63) is 73.7 Å². The third-order valence-electron chi connectivity index (χ3n) is 9.70. The number of nitrogens with zero attached hydrogens (tertiary/aromatic N) is 1. The van der Waals surface area contributed by atoms with E-state index in [4.69, 9.17) is 10.8 Å². The van der Waals surface area contributed by atoms with E-state index in [9.17, 15) is 24.0 Å². The highest BCUT2D eigenvalue weighted by Crippen LogP contribution is 2.25. The van der Waals surface area contributed by atoms with Crippen molar-refractivity contribution >= 4 is 29.6 Å². The topological polar surface area (TPSA) is 243 Å². The van der Waals surface area contributed by atoms with Gasteiger partial charge in [-0.1, -0.05) is 53.3 Å². The molecule has 0 spiro atoms. The molecule has 0 aromatic rings. The van der Waals surface area contributed by atoms with Gasteiger partial charge in [0.1, 0.15) is 12.6 Å². The predicted octanol–water partition coefficient (Wildman–Crippen LogP) is 0.104. The Balaban J connectivity index is 1.82. The van der Waals surface area contributed by atoms with Crippen molar-refractivity contribution in [2.24, 2.45) is 11.7 Å². The number of hydrogen-bond donors (Lipinski definition) is 11. The maximum atomic E-state index is 13.4. The lowest BCUT2D eigenvalue weighted by molar-refractivity contribution is -0.136. The Morgan fingerprint density at radius 2 is 1.42 bits per heavy atom. The van der Waals surface area contributed by atoms with Gasteiger partial charge in [-0.2, -0.15) is 0 Å². The summed E-state index contributed by atoms with van der Waals surface area (Å²) in [5.74, 6) is -2.34. The Hall–Kier alpha value is -5.45. The Labute approximate surface area is 337 Å². The van der Waals surface area contributed by atoms with Crippen LogP contribution in [0.5, 0.6) is 0 Å². The van der Waals surface area contributed by atoms with Gasteiger partial charge < -0.3 is 63.6 Å². The Morgan fingerprint density at radius 1 is 0.754 bits per heavy atom. The molecular weight excluding hydrogens is 731 g/mol. The highest BCUT2D eigenvalue weighted by molar-refractivity contribution is 5.83. The predicted molar refractivity (Wildman–Crippen MR) is 223 cm³/mol. The van der Waals surface area contributed by atoms with Crippen molar-refractivity contribution in [3.8, 4) is 0 Å². The minimum Gasteiger partial charge on any atom is -0.480 e. The van der Waals surface area contributed by atoms with Crippen LogP contribution in [0.15, 0.2) is 73.7 Å². The maximum Gasteiger partial charge on any atom is 0.322 e. The molecule has 12 N–H and O–H groups in total. The fourth-order valence-corrected chi connectivity index (χ4v) is 6.44. The molecule has 0 radical (unpaired) electrons. The van der Waals surface area contributed by atoms with Gasteiger partial charge in [-0.25, -0.2) is 0 Å². The second-order valence-corrected chi connectivity index (χ2v) is 15.0. The summed E-state index contributed by atoms with van der Waals surface area (Å²) in [6.45, 7) is 31.8. The van der Waals surface area contributed by atoms with E-state index in [2.05, 4.69) is 92.2 Å². The molecule has 5 atom stereocenters. The first-order chi connectivity index (χ1) is 26.9. The van der Waals surface area contributed by atoms with E-state index in [1.807, 2.05) is 13.8 Å². The molecule has 318 valence electrons. The molecule has 0 aromatic heterocycles. The van der Waals surface area contributed by atoms with Crippen molar-refractivity contribution in [3.63, 3.8) is 0 Å². The molecule has 0 bridgehead atoms. The quantitative estimate of drug-likeness (QED) is 0.0482. The summed E-state index contributed by atoms with van der Waals surface area (Å²) in [6.07, 6.45) is 4.38. The van der Waals surface area contributed by atoms with Crippen LogP contribution in [0.3, 0.4) is 0 Å². The first-order valence-electron chi connectivity index (χ1n) is 19.6. The normalized spacial score (nSPS) is 17.6. The van der Waals surface area contributed by atoms with Gasteiger partial charge in [0.2, 0.25) is 23.6 Å². The number of carboxylic acids is 1. The van der Waals surface area contributed by atoms with Crippen LogP contribution >= 0.6 is 0 Å². The molecule has 4 unspecified atom stereocenters. The number of likely N-dealkylation sites (tertiary alicyclic amines) is 1. The highest BCUT2D eigenvalue weighted by Gasteiger charge is 2.28. The van der Waals surface area contributed by atoms with Crippen LogP contribution in [0.4, 0.5) is 0 Å². The summed E-state index contributed by atoms with van der Waals surface area (Å²) >= 11 is 0. The third kappa shape index (κ3) is 17.9. The van der Waals surface area contributed by atoms with Gasteiger partial charge in [-0.05, 0) is 57.9 Å². The zero-order valence-electron chi connectivity index (χ0n) is 34.1. The van der Waals surface area contributed by atoms with E-state index >= 15 is 0 Å². The number of rotatable bonds is 29. The number of carbonyl (C=O) groups is 5. The van der Waals surface area contributed by atoms with Crippen molar-refractivity contribution in [2.75, 3.05) is 45.8 Å². The molecule has 4 amide bonds. The average Bonchev–Trinajstić information content (AvgIpc) is 3.88. The molecule has 17 nitrogen and oxygen atoms in total. The molecule has 2 aliphatic heterocycles. The van der Waals surface area contributed by atoms with Crippen molar-refractivity contribution < 1.29 is 29.1 Å². The number of nitrogens with one attached hydrogen (secondary N) is 9. The van der Waals surface area contributed by atoms with Crippen molar-refractivity contribution in [2.45, 2.75) is 95.9 Å². The number of aliphatic carboxylic acids is 1. The monoisotopic (exact) mass is 798 g/mol. The van der Waals surface area contributed by atoms with Crippen LogP contribution in [-0.4, -0.2) is 116 Å². The number of nitrogens with two attached hydrogens (primary N) is 1. The largest absolute Gasteiger partial charge is 0.480 e. The molecule has 57 heavy (non-hydrogen) atoms. The minimum absolute atomic E-state index is 0.00385. The third-order valence-corrected chi connectivity index (χ3v) is 9.70. The van der Waals surface area contributed by atoms with Gasteiger partial charge in [0.05, 0.1) is 44.3 Å². The van der Waals surface area contributed by atoms with Gasteiger partial charge in [-0.15, -0.1) is 0 Å². The van der Waals surface area contributed by atoms with E-state index in [-0.39, 0.29) is 74.7 Å². The standard InChI is InChI=1S/C40H67N11O6/c1-24(2)18-34(48-30(8)33(14-15-36(41)52)50-38(54)22-45-29(7)32-12-10-16-42-32)40(57)47-19-25(3)43-21-37(53)49-28(6)27(5)44-20-26(4)51-17-11-13-35(51)31(9)46-23-39(55)56/h24,28,32-35,42-46,48H,3-5,7-23H2,1-2,6H3,(H2,41,52)(H,47,57)(H,49,53)(H,50,54)(H,55,56)/t28?,32?,33?,34-,35?/m0/s1. The number of carboxylic acid groups (broad SMARTS) is 1. The smallest absolute Gasteiger partial charge is 0.322 e. The molecule has 2 aliphatic rings. The summed E-state index contributed by atoms with van der Waals surface area (Å²) < 4.78 is 0. The van der Waals surface area contributed by atoms with Gasteiger partial charge >= 0.3 is 5.97 Å². The molecule has 17 heteroatoms. The summed E-state index contributed by atoms with van der Waals surface area (Å²) in [6, 6.07) is -1.76. The molecular formula is C40H67N11O6. The fraction of sp³-hybridized carbons (Fsp3) is 0.575.